The molecule has 6 nitrogen and oxygen atoms in total. The molecule has 0 radical (unpaired) electrons. The first-order valence-corrected chi connectivity index (χ1v) is 12.1. The van der Waals surface area contributed by atoms with Crippen LogP contribution in [0.4, 0.5) is 0 Å². The van der Waals surface area contributed by atoms with Crippen molar-refractivity contribution in [2.45, 2.75) is 18.9 Å². The first-order valence-electron chi connectivity index (χ1n) is 8.51. The van der Waals surface area contributed by atoms with Gasteiger partial charge in [0.25, 0.3) is 5.91 Å². The maximum Gasteiger partial charge on any atom is 0.273 e. The lowest BCUT2D eigenvalue weighted by molar-refractivity contribution is 0.0685. The van der Waals surface area contributed by atoms with Crippen LogP contribution in [-0.4, -0.2) is 73.8 Å². The highest BCUT2D eigenvalue weighted by molar-refractivity contribution is 7.91. The number of hydrogen-bond acceptors (Lipinski definition) is 7. The molecular formula is C17H23N3O3S3. The number of amides is 1. The van der Waals surface area contributed by atoms with Gasteiger partial charge in [0.2, 0.25) is 0 Å². The molecule has 3 heterocycles. The number of sulfone groups is 1. The van der Waals surface area contributed by atoms with Crippen molar-refractivity contribution in [3.05, 3.63) is 28.6 Å². The minimum Gasteiger partial charge on any atom is -0.333 e. The van der Waals surface area contributed by atoms with E-state index in [0.717, 1.165) is 22.9 Å². The Bertz CT molecular complexity index is 844. The third-order valence-electron chi connectivity index (χ3n) is 4.37. The Labute approximate surface area is 162 Å². The van der Waals surface area contributed by atoms with Crippen LogP contribution in [0, 0.1) is 0 Å². The third kappa shape index (κ3) is 4.70. The summed E-state index contributed by atoms with van der Waals surface area (Å²) < 4.78 is 23.8. The van der Waals surface area contributed by atoms with Gasteiger partial charge in [0.05, 0.1) is 16.4 Å². The van der Waals surface area contributed by atoms with Crippen molar-refractivity contribution in [2.24, 2.45) is 0 Å². The summed E-state index contributed by atoms with van der Waals surface area (Å²) in [5.74, 6) is 0.0554. The van der Waals surface area contributed by atoms with Gasteiger partial charge in [-0.15, -0.1) is 22.7 Å². The molecule has 0 bridgehead atoms. The van der Waals surface area contributed by atoms with E-state index in [9.17, 15) is 13.2 Å². The Kier molecular flexibility index (Phi) is 6.11. The van der Waals surface area contributed by atoms with Crippen LogP contribution in [-0.2, 0) is 9.84 Å². The molecule has 0 aliphatic carbocycles. The lowest BCUT2D eigenvalue weighted by Gasteiger charge is -2.28. The van der Waals surface area contributed by atoms with E-state index in [0.29, 0.717) is 18.7 Å². The molecule has 0 aromatic carbocycles. The van der Waals surface area contributed by atoms with Crippen LogP contribution in [0.5, 0.6) is 0 Å². The van der Waals surface area contributed by atoms with Crippen LogP contribution in [0.3, 0.4) is 0 Å². The summed E-state index contributed by atoms with van der Waals surface area (Å²) >= 11 is 3.04. The van der Waals surface area contributed by atoms with Crippen LogP contribution < -0.4 is 0 Å². The summed E-state index contributed by atoms with van der Waals surface area (Å²) in [5.41, 5.74) is 0.410. The van der Waals surface area contributed by atoms with Gasteiger partial charge >= 0.3 is 0 Å². The lowest BCUT2D eigenvalue weighted by atomic mass is 10.2. The van der Waals surface area contributed by atoms with Crippen LogP contribution in [0.15, 0.2) is 22.9 Å². The standard InChI is InChI=1S/C17H23N3O3S3/c1-19(2)7-4-8-20(13-6-10-26(22,23)12-13)17(21)14-11-25-16(18-14)15-5-3-9-24-15/h3,5,9,11,13H,4,6-8,10,12H2,1-2H3. The van der Waals surface area contributed by atoms with Crippen LogP contribution in [0.1, 0.15) is 23.3 Å². The molecule has 1 atom stereocenters. The Morgan fingerprint density at radius 1 is 1.31 bits per heavy atom. The zero-order valence-corrected chi connectivity index (χ0v) is 17.4. The van der Waals surface area contributed by atoms with Gasteiger partial charge in [0.15, 0.2) is 9.84 Å². The Morgan fingerprint density at radius 3 is 2.73 bits per heavy atom. The second kappa shape index (κ2) is 8.16. The largest absolute Gasteiger partial charge is 0.333 e. The molecule has 26 heavy (non-hydrogen) atoms. The van der Waals surface area contributed by atoms with Gasteiger partial charge in [-0.2, -0.15) is 0 Å². The minimum atomic E-state index is -3.05. The Morgan fingerprint density at radius 2 is 2.12 bits per heavy atom. The van der Waals surface area contributed by atoms with Crippen LogP contribution >= 0.6 is 22.7 Å². The van der Waals surface area contributed by atoms with Gasteiger partial charge in [-0.3, -0.25) is 4.79 Å². The predicted octanol–water partition coefficient (Wildman–Crippen LogP) is 2.45. The zero-order chi connectivity index (χ0) is 18.7. The summed E-state index contributed by atoms with van der Waals surface area (Å²) in [6.45, 7) is 1.39. The molecule has 2 aromatic heterocycles. The molecule has 0 N–H and O–H groups in total. The predicted molar refractivity (Wildman–Crippen MR) is 107 cm³/mol. The molecule has 1 aliphatic rings. The molecule has 9 heteroatoms. The van der Waals surface area contributed by atoms with Crippen molar-refractivity contribution in [1.82, 2.24) is 14.8 Å². The number of carbonyl (C=O) groups is 1. The molecule has 1 amide bonds. The van der Waals surface area contributed by atoms with Gasteiger partial charge in [-0.05, 0) is 44.9 Å². The fourth-order valence-corrected chi connectivity index (χ4v) is 6.40. The monoisotopic (exact) mass is 413 g/mol. The molecule has 3 rings (SSSR count). The highest BCUT2D eigenvalue weighted by Gasteiger charge is 2.35. The summed E-state index contributed by atoms with van der Waals surface area (Å²) in [5, 5.41) is 4.59. The van der Waals surface area contributed by atoms with E-state index >= 15 is 0 Å². The lowest BCUT2D eigenvalue weighted by Crippen LogP contribution is -2.42. The van der Waals surface area contributed by atoms with Gasteiger partial charge in [0.1, 0.15) is 10.7 Å². The van der Waals surface area contributed by atoms with Gasteiger partial charge in [-0.25, -0.2) is 13.4 Å². The number of hydrogen-bond donors (Lipinski definition) is 0. The number of thiophene rings is 1. The zero-order valence-electron chi connectivity index (χ0n) is 14.9. The van der Waals surface area contributed by atoms with E-state index in [4.69, 9.17) is 0 Å². The van der Waals surface area contributed by atoms with Crippen molar-refractivity contribution in [3.63, 3.8) is 0 Å². The SMILES string of the molecule is CN(C)CCCN(C(=O)c1csc(-c2cccs2)n1)C1CCS(=O)(=O)C1. The van der Waals surface area contributed by atoms with E-state index in [1.54, 1.807) is 21.6 Å². The molecule has 1 saturated heterocycles. The normalized spacial score (nSPS) is 19.1. The molecular weight excluding hydrogens is 390 g/mol. The van der Waals surface area contributed by atoms with Crippen molar-refractivity contribution < 1.29 is 13.2 Å². The quantitative estimate of drug-likeness (QED) is 0.697. The maximum atomic E-state index is 13.1. The molecule has 0 saturated carbocycles. The van der Waals surface area contributed by atoms with Gasteiger partial charge in [0, 0.05) is 18.0 Å². The Hall–Kier alpha value is -1.29. The van der Waals surface area contributed by atoms with E-state index in [1.165, 1.54) is 11.3 Å². The third-order valence-corrected chi connectivity index (χ3v) is 8.00. The van der Waals surface area contributed by atoms with Crippen molar-refractivity contribution >= 4 is 38.4 Å². The summed E-state index contributed by atoms with van der Waals surface area (Å²) in [6, 6.07) is 3.69. The van der Waals surface area contributed by atoms with Crippen molar-refractivity contribution in [3.8, 4) is 9.88 Å². The second-order valence-electron chi connectivity index (χ2n) is 6.73. The number of nitrogens with zero attached hydrogens (tertiary/aromatic N) is 3. The minimum absolute atomic E-state index is 0.0582. The fourth-order valence-electron chi connectivity index (χ4n) is 3.06. The van der Waals surface area contributed by atoms with E-state index in [2.05, 4.69) is 9.88 Å². The summed E-state index contributed by atoms with van der Waals surface area (Å²) in [4.78, 5) is 22.4. The van der Waals surface area contributed by atoms with Gasteiger partial charge in [-0.1, -0.05) is 6.07 Å². The number of aromatic nitrogens is 1. The Balaban J connectivity index is 1.77. The fraction of sp³-hybridized carbons (Fsp3) is 0.529. The van der Waals surface area contributed by atoms with E-state index in [1.807, 2.05) is 31.6 Å². The molecule has 1 unspecified atom stereocenters. The average Bonchev–Trinajstić information content (AvgIpc) is 3.30. The van der Waals surface area contributed by atoms with Crippen molar-refractivity contribution in [2.75, 3.05) is 38.7 Å². The highest BCUT2D eigenvalue weighted by atomic mass is 32.2. The second-order valence-corrected chi connectivity index (χ2v) is 10.8. The topological polar surface area (TPSA) is 70.6 Å². The van der Waals surface area contributed by atoms with E-state index in [-0.39, 0.29) is 23.5 Å². The van der Waals surface area contributed by atoms with Crippen LogP contribution in [0.2, 0.25) is 0 Å². The van der Waals surface area contributed by atoms with Gasteiger partial charge < -0.3 is 9.80 Å². The molecule has 2 aromatic rings. The first kappa shape index (κ1) is 19.5. The molecule has 142 valence electrons. The van der Waals surface area contributed by atoms with Crippen molar-refractivity contribution in [1.29, 1.82) is 0 Å². The molecule has 0 spiro atoms. The number of thiazole rings is 1. The highest BCUT2D eigenvalue weighted by Crippen LogP contribution is 2.29. The average molecular weight is 414 g/mol. The number of carbonyl (C=O) groups excluding carboxylic acids is 1. The van der Waals surface area contributed by atoms with Crippen LogP contribution in [0.25, 0.3) is 9.88 Å². The first-order chi connectivity index (χ1) is 12.4. The molecule has 1 aliphatic heterocycles. The maximum absolute atomic E-state index is 13.1. The van der Waals surface area contributed by atoms with E-state index < -0.39 is 9.84 Å². The summed E-state index contributed by atoms with van der Waals surface area (Å²) in [6.07, 6.45) is 1.31. The smallest absolute Gasteiger partial charge is 0.273 e. The molecule has 1 fully saturated rings. The number of rotatable bonds is 7. The summed E-state index contributed by atoms with van der Waals surface area (Å²) in [7, 11) is 0.924.